The molecule has 0 bridgehead atoms. The summed E-state index contributed by atoms with van der Waals surface area (Å²) in [4.78, 5) is 10.0. The zero-order valence-corrected chi connectivity index (χ0v) is 10.7. The molecule has 0 aliphatic carbocycles. The van der Waals surface area contributed by atoms with Gasteiger partial charge in [0, 0.05) is 0 Å². The molecule has 112 valence electrons. The van der Waals surface area contributed by atoms with Crippen LogP contribution >= 0.6 is 12.4 Å². The normalized spacial score (nSPS) is 14.6. The summed E-state index contributed by atoms with van der Waals surface area (Å²) in [7, 11) is 0. The minimum absolute atomic E-state index is 0. The smallest absolute Gasteiger partial charge is 0.289 e. The fraction of sp³-hybridized carbons (Fsp3) is 0.400. The first-order chi connectivity index (χ1) is 8.86. The quantitative estimate of drug-likeness (QED) is 0.642. The van der Waals surface area contributed by atoms with Gasteiger partial charge in [-0.3, -0.25) is 10.1 Å². The van der Waals surface area contributed by atoms with Gasteiger partial charge in [-0.1, -0.05) is 0 Å². The number of hydrogen-bond donors (Lipinski definition) is 2. The Morgan fingerprint density at radius 2 is 2.00 bits per heavy atom. The summed E-state index contributed by atoms with van der Waals surface area (Å²) in [6.45, 7) is -1.67. The van der Waals surface area contributed by atoms with E-state index in [-0.39, 0.29) is 30.7 Å². The number of benzene rings is 1. The fourth-order valence-corrected chi connectivity index (χ4v) is 1.68. The molecule has 2 rings (SSSR count). The minimum Gasteiger partial charge on any atom is -0.454 e. The van der Waals surface area contributed by atoms with E-state index in [4.69, 9.17) is 20.3 Å². The van der Waals surface area contributed by atoms with E-state index in [1.165, 1.54) is 0 Å². The maximum absolute atomic E-state index is 13.4. The van der Waals surface area contributed by atoms with Crippen LogP contribution in [0.3, 0.4) is 0 Å². The van der Waals surface area contributed by atoms with Gasteiger partial charge in [0.05, 0.1) is 16.6 Å². The minimum atomic E-state index is -3.68. The Kier molecular flexibility index (Phi) is 4.69. The highest BCUT2D eigenvalue weighted by Gasteiger charge is 2.41. The largest absolute Gasteiger partial charge is 0.454 e. The Bertz CT molecular complexity index is 529. The average molecular weight is 313 g/mol. The zero-order chi connectivity index (χ0) is 14.2. The molecule has 0 saturated carbocycles. The number of aliphatic hydroxyl groups is 1. The number of nitrogens with two attached hydrogens (primary N) is 1. The Morgan fingerprint density at radius 1 is 1.45 bits per heavy atom. The summed E-state index contributed by atoms with van der Waals surface area (Å²) in [5, 5.41) is 19.5. The molecule has 1 atom stereocenters. The predicted octanol–water partition coefficient (Wildman–Crippen LogP) is 1.37. The Hall–Kier alpha value is -1.71. The molecule has 0 radical (unpaired) electrons. The summed E-state index contributed by atoms with van der Waals surface area (Å²) >= 11 is 0. The van der Waals surface area contributed by atoms with E-state index in [0.717, 1.165) is 12.1 Å². The number of nitro benzene ring substituents is 1. The van der Waals surface area contributed by atoms with Gasteiger partial charge < -0.3 is 20.3 Å². The predicted molar refractivity (Wildman–Crippen MR) is 65.4 cm³/mol. The van der Waals surface area contributed by atoms with Crippen LogP contribution in [0.1, 0.15) is 11.6 Å². The number of halogens is 3. The number of nitrogens with zero attached hydrogens (tertiary/aromatic N) is 1. The summed E-state index contributed by atoms with van der Waals surface area (Å²) in [6.07, 6.45) is 0. The van der Waals surface area contributed by atoms with Crippen molar-refractivity contribution in [3.05, 3.63) is 27.8 Å². The molecule has 1 aliphatic rings. The molecule has 0 spiro atoms. The molecular weight excluding hydrogens is 302 g/mol. The summed E-state index contributed by atoms with van der Waals surface area (Å²) in [5.41, 5.74) is 4.28. The van der Waals surface area contributed by atoms with Crippen molar-refractivity contribution in [2.24, 2.45) is 5.73 Å². The van der Waals surface area contributed by atoms with Gasteiger partial charge in [-0.2, -0.15) is 0 Å². The SMILES string of the molecule is Cl.N[C@H](c1cc2c(cc1[N+](=O)[O-])OCO2)C(F)(F)CO. The van der Waals surface area contributed by atoms with Gasteiger partial charge in [0.2, 0.25) is 6.79 Å². The van der Waals surface area contributed by atoms with E-state index >= 15 is 0 Å². The topological polar surface area (TPSA) is 108 Å². The Labute approximate surface area is 117 Å². The van der Waals surface area contributed by atoms with Crippen molar-refractivity contribution in [3.8, 4) is 11.5 Å². The van der Waals surface area contributed by atoms with Crippen LogP contribution in [0.5, 0.6) is 11.5 Å². The van der Waals surface area contributed by atoms with Crippen LogP contribution in [0.15, 0.2) is 12.1 Å². The van der Waals surface area contributed by atoms with Crippen molar-refractivity contribution in [1.29, 1.82) is 0 Å². The van der Waals surface area contributed by atoms with E-state index in [2.05, 4.69) is 0 Å². The van der Waals surface area contributed by atoms with Crippen molar-refractivity contribution in [2.75, 3.05) is 13.4 Å². The third-order valence-corrected chi connectivity index (χ3v) is 2.72. The van der Waals surface area contributed by atoms with E-state index in [1.54, 1.807) is 0 Å². The highest BCUT2D eigenvalue weighted by molar-refractivity contribution is 5.85. The molecule has 1 aromatic carbocycles. The fourth-order valence-electron chi connectivity index (χ4n) is 1.68. The second-order valence-corrected chi connectivity index (χ2v) is 3.92. The molecular formula is C10H11ClF2N2O5. The maximum Gasteiger partial charge on any atom is 0.289 e. The van der Waals surface area contributed by atoms with E-state index in [0.29, 0.717) is 0 Å². The number of rotatable bonds is 4. The van der Waals surface area contributed by atoms with Gasteiger partial charge >= 0.3 is 0 Å². The first kappa shape index (κ1) is 16.3. The van der Waals surface area contributed by atoms with Crippen LogP contribution in [-0.4, -0.2) is 29.4 Å². The Balaban J connectivity index is 0.00000200. The molecule has 0 fully saturated rings. The van der Waals surface area contributed by atoms with Crippen molar-refractivity contribution in [3.63, 3.8) is 0 Å². The van der Waals surface area contributed by atoms with Gasteiger partial charge in [-0.15, -0.1) is 12.4 Å². The van der Waals surface area contributed by atoms with Gasteiger partial charge in [0.15, 0.2) is 11.5 Å². The second-order valence-electron chi connectivity index (χ2n) is 3.92. The van der Waals surface area contributed by atoms with Crippen LogP contribution in [0.4, 0.5) is 14.5 Å². The van der Waals surface area contributed by atoms with E-state index in [9.17, 15) is 18.9 Å². The highest BCUT2D eigenvalue weighted by Crippen LogP contribution is 2.42. The van der Waals surface area contributed by atoms with Gasteiger partial charge in [-0.05, 0) is 6.07 Å². The lowest BCUT2D eigenvalue weighted by Gasteiger charge is -2.21. The summed E-state index contributed by atoms with van der Waals surface area (Å²) in [5.74, 6) is -3.49. The van der Waals surface area contributed by atoms with Crippen LogP contribution in [0.2, 0.25) is 0 Å². The number of fused-ring (bicyclic) bond motifs is 1. The van der Waals surface area contributed by atoms with Crippen LogP contribution in [0, 0.1) is 10.1 Å². The molecule has 20 heavy (non-hydrogen) atoms. The van der Waals surface area contributed by atoms with Crippen LogP contribution in [0.25, 0.3) is 0 Å². The molecule has 7 nitrogen and oxygen atoms in total. The standard InChI is InChI=1S/C10H10F2N2O5.ClH/c11-10(12,3-15)9(13)5-1-7-8(19-4-18-7)2-6(5)14(16)17;/h1-2,9,15H,3-4,13H2;1H/t9-;/m1./s1. The molecule has 10 heteroatoms. The van der Waals surface area contributed by atoms with Crippen LogP contribution in [-0.2, 0) is 0 Å². The molecule has 1 aromatic rings. The highest BCUT2D eigenvalue weighted by atomic mass is 35.5. The van der Waals surface area contributed by atoms with Crippen molar-refractivity contribution in [2.45, 2.75) is 12.0 Å². The third-order valence-electron chi connectivity index (χ3n) is 2.72. The van der Waals surface area contributed by atoms with Crippen LogP contribution < -0.4 is 15.2 Å². The molecule has 1 heterocycles. The number of nitro groups is 1. The number of aliphatic hydroxyl groups excluding tert-OH is 1. The number of ether oxygens (including phenoxy) is 2. The lowest BCUT2D eigenvalue weighted by atomic mass is 9.99. The maximum atomic E-state index is 13.4. The number of hydrogen-bond acceptors (Lipinski definition) is 6. The van der Waals surface area contributed by atoms with Gasteiger partial charge in [0.1, 0.15) is 12.6 Å². The average Bonchev–Trinajstić information content (AvgIpc) is 2.83. The first-order valence-electron chi connectivity index (χ1n) is 5.19. The first-order valence-corrected chi connectivity index (χ1v) is 5.19. The molecule has 0 aromatic heterocycles. The van der Waals surface area contributed by atoms with E-state index < -0.39 is 34.7 Å². The molecule has 0 unspecified atom stereocenters. The molecule has 1 aliphatic heterocycles. The summed E-state index contributed by atoms with van der Waals surface area (Å²) in [6, 6.07) is -0.00735. The molecule has 3 N–H and O–H groups in total. The Morgan fingerprint density at radius 3 is 2.50 bits per heavy atom. The monoisotopic (exact) mass is 312 g/mol. The number of alkyl halides is 2. The van der Waals surface area contributed by atoms with Crippen molar-refractivity contribution < 1.29 is 28.3 Å². The lowest BCUT2D eigenvalue weighted by molar-refractivity contribution is -0.386. The lowest BCUT2D eigenvalue weighted by Crippen LogP contribution is -2.36. The zero-order valence-electron chi connectivity index (χ0n) is 9.92. The second kappa shape index (κ2) is 5.73. The summed E-state index contributed by atoms with van der Waals surface area (Å²) < 4.78 is 36.6. The molecule has 0 amide bonds. The van der Waals surface area contributed by atoms with Crippen molar-refractivity contribution >= 4 is 18.1 Å². The van der Waals surface area contributed by atoms with E-state index in [1.807, 2.05) is 0 Å². The van der Waals surface area contributed by atoms with Gasteiger partial charge in [0.25, 0.3) is 11.6 Å². The van der Waals surface area contributed by atoms with Crippen molar-refractivity contribution in [1.82, 2.24) is 0 Å². The third kappa shape index (κ3) is 2.74. The molecule has 0 saturated heterocycles. The van der Waals surface area contributed by atoms with Gasteiger partial charge in [-0.25, -0.2) is 8.78 Å².